The summed E-state index contributed by atoms with van der Waals surface area (Å²) in [5, 5.41) is 12.9. The van der Waals surface area contributed by atoms with E-state index in [4.69, 9.17) is 0 Å². The van der Waals surface area contributed by atoms with Crippen LogP contribution in [-0.4, -0.2) is 21.8 Å². The predicted molar refractivity (Wildman–Crippen MR) is 278 cm³/mol. The van der Waals surface area contributed by atoms with Gasteiger partial charge in [-0.15, -0.1) is 0 Å². The summed E-state index contributed by atoms with van der Waals surface area (Å²) in [7, 11) is -2.70. The maximum Gasteiger partial charge on any atom is 0.179 e. The average Bonchev–Trinajstić information content (AvgIpc) is 4.01. The van der Waals surface area contributed by atoms with E-state index in [-0.39, 0.29) is 0 Å². The maximum atomic E-state index is 2.50. The van der Waals surface area contributed by atoms with Crippen LogP contribution in [0.15, 0.2) is 243 Å². The van der Waals surface area contributed by atoms with Crippen LogP contribution in [-0.2, 0) is 0 Å². The lowest BCUT2D eigenvalue weighted by atomic mass is 10.1. The summed E-state index contributed by atoms with van der Waals surface area (Å²) in [4.78, 5) is 0. The quantitative estimate of drug-likeness (QED) is 0.112. The first-order valence-corrected chi connectivity index (χ1v) is 24.5. The summed E-state index contributed by atoms with van der Waals surface area (Å²) < 4.78 is 7.42. The molecule has 0 saturated heterocycles. The third-order valence-corrected chi connectivity index (χ3v) is 18.6. The van der Waals surface area contributed by atoms with Gasteiger partial charge in [0.15, 0.2) is 8.07 Å². The smallest absolute Gasteiger partial charge is 0.179 e. The molecule has 0 N–H and O–H groups in total. The molecule has 0 fully saturated rings. The van der Waals surface area contributed by atoms with E-state index in [0.29, 0.717) is 0 Å². The molecule has 0 aliphatic rings. The molecule has 0 unspecified atom stereocenters. The second-order valence-corrected chi connectivity index (χ2v) is 21.2. The van der Waals surface area contributed by atoms with Crippen LogP contribution in [0.2, 0.25) is 0 Å². The Bertz CT molecular complexity index is 3840. The molecule has 13 aromatic rings. The van der Waals surface area contributed by atoms with Crippen LogP contribution in [0.25, 0.3) is 82.5 Å². The Hall–Kier alpha value is -8.18. The van der Waals surface area contributed by atoms with Gasteiger partial charge >= 0.3 is 0 Å². The molecule has 65 heavy (non-hydrogen) atoms. The first kappa shape index (κ1) is 37.4. The zero-order valence-corrected chi connectivity index (χ0v) is 36.9. The molecule has 0 amide bonds. The summed E-state index contributed by atoms with van der Waals surface area (Å²) >= 11 is 0. The number of fused-ring (bicyclic) bond motifs is 9. The highest BCUT2D eigenvalue weighted by Gasteiger charge is 2.41. The zero-order valence-electron chi connectivity index (χ0n) is 35.9. The van der Waals surface area contributed by atoms with Gasteiger partial charge in [0.2, 0.25) is 0 Å². The minimum Gasteiger partial charge on any atom is -0.309 e. The highest BCUT2D eigenvalue weighted by atomic mass is 28.3. The Kier molecular flexibility index (Phi) is 8.45. The van der Waals surface area contributed by atoms with Gasteiger partial charge in [0, 0.05) is 43.7 Å². The standard InChI is InChI=1S/C61H43N3Si/c1-42-32-38-58-53(40-42)50-25-12-14-28-55(50)62(58)44-35-39-59-54(41-44)51-26-13-16-30-57(51)64(59)60-31-17-27-52-49-24-11-15-29-56(49)63(61(52)60)43-33-36-48(37-34-43)65(45-18-5-2-6-19-45,46-20-7-3-8-21-46)47-22-9-4-10-23-47/h2-41H,1H3. The van der Waals surface area contributed by atoms with Gasteiger partial charge in [-0.05, 0) is 94.4 Å². The summed E-state index contributed by atoms with van der Waals surface area (Å²) in [5.74, 6) is 0. The first-order chi connectivity index (χ1) is 32.2. The van der Waals surface area contributed by atoms with Crippen LogP contribution in [0, 0.1) is 6.92 Å². The third kappa shape index (κ3) is 5.54. The van der Waals surface area contributed by atoms with Crippen LogP contribution in [0.5, 0.6) is 0 Å². The number of aryl methyl sites for hydroxylation is 1. The summed E-state index contributed by atoms with van der Waals surface area (Å²) in [5.41, 5.74) is 11.9. The van der Waals surface area contributed by atoms with Crippen LogP contribution in [0.1, 0.15) is 5.56 Å². The van der Waals surface area contributed by atoms with Crippen molar-refractivity contribution in [1.29, 1.82) is 0 Å². The number of nitrogens with zero attached hydrogens (tertiary/aromatic N) is 3. The van der Waals surface area contributed by atoms with E-state index in [1.165, 1.54) is 91.7 Å². The number of rotatable bonds is 7. The van der Waals surface area contributed by atoms with Crippen molar-refractivity contribution in [2.75, 3.05) is 0 Å². The van der Waals surface area contributed by atoms with Crippen molar-refractivity contribution in [3.05, 3.63) is 248 Å². The van der Waals surface area contributed by atoms with Gasteiger partial charge in [0.25, 0.3) is 0 Å². The van der Waals surface area contributed by atoms with Gasteiger partial charge in [0.05, 0.1) is 38.8 Å². The largest absolute Gasteiger partial charge is 0.309 e. The van der Waals surface area contributed by atoms with Crippen molar-refractivity contribution in [2.45, 2.75) is 6.92 Å². The molecular formula is C61H43N3Si. The number of hydrogen-bond acceptors (Lipinski definition) is 0. The molecule has 3 nitrogen and oxygen atoms in total. The molecule has 4 heteroatoms. The van der Waals surface area contributed by atoms with Crippen molar-refractivity contribution >= 4 is 94.2 Å². The highest BCUT2D eigenvalue weighted by Crippen LogP contribution is 2.41. The molecule has 0 bridgehead atoms. The fourth-order valence-electron chi connectivity index (χ4n) is 11.1. The minimum atomic E-state index is -2.70. The van der Waals surface area contributed by atoms with E-state index in [1.54, 1.807) is 0 Å². The maximum absolute atomic E-state index is 2.70. The van der Waals surface area contributed by atoms with Crippen molar-refractivity contribution < 1.29 is 0 Å². The van der Waals surface area contributed by atoms with Gasteiger partial charge in [0.1, 0.15) is 0 Å². The number of benzene rings is 10. The van der Waals surface area contributed by atoms with E-state index in [9.17, 15) is 0 Å². The van der Waals surface area contributed by atoms with Gasteiger partial charge < -0.3 is 13.7 Å². The zero-order chi connectivity index (χ0) is 43.1. The number of hydrogen-bond donors (Lipinski definition) is 0. The van der Waals surface area contributed by atoms with E-state index in [0.717, 1.165) is 17.1 Å². The lowest BCUT2D eigenvalue weighted by Crippen LogP contribution is -2.74. The molecule has 0 spiro atoms. The Morgan fingerprint density at radius 1 is 0.277 bits per heavy atom. The van der Waals surface area contributed by atoms with Crippen LogP contribution >= 0.6 is 0 Å². The Morgan fingerprint density at radius 3 is 1.29 bits per heavy atom. The normalized spacial score (nSPS) is 12.1. The van der Waals surface area contributed by atoms with Crippen LogP contribution < -0.4 is 20.7 Å². The molecule has 0 radical (unpaired) electrons. The summed E-state index contributed by atoms with van der Waals surface area (Å²) in [6.45, 7) is 2.18. The molecule has 0 atom stereocenters. The average molecular weight is 846 g/mol. The SMILES string of the molecule is Cc1ccc2c(c1)c1ccccc1n2-c1ccc2c(c1)c1ccccc1n2-c1cccc2c3ccccc3n(-c3ccc([Si](c4ccccc4)(c4ccccc4)c4ccccc4)cc3)c12. The first-order valence-electron chi connectivity index (χ1n) is 22.5. The lowest BCUT2D eigenvalue weighted by molar-refractivity contribution is 1.13. The van der Waals surface area contributed by atoms with Crippen LogP contribution in [0.4, 0.5) is 0 Å². The fourth-order valence-corrected chi connectivity index (χ4v) is 15.8. The molecule has 13 rings (SSSR count). The fraction of sp³-hybridized carbons (Fsp3) is 0.0164. The second-order valence-electron chi connectivity index (χ2n) is 17.3. The van der Waals surface area contributed by atoms with Crippen molar-refractivity contribution in [2.24, 2.45) is 0 Å². The second kappa shape index (κ2) is 14.7. The van der Waals surface area contributed by atoms with E-state index >= 15 is 0 Å². The van der Waals surface area contributed by atoms with Gasteiger partial charge in [-0.25, -0.2) is 0 Å². The topological polar surface area (TPSA) is 14.8 Å². The summed E-state index contributed by atoms with van der Waals surface area (Å²) in [6, 6.07) is 90.3. The lowest BCUT2D eigenvalue weighted by Gasteiger charge is -2.34. The number of aromatic nitrogens is 3. The van der Waals surface area contributed by atoms with E-state index in [2.05, 4.69) is 263 Å². The Balaban J connectivity index is 1.04. The molecule has 0 aliphatic heterocycles. The Morgan fingerprint density at radius 2 is 0.692 bits per heavy atom. The highest BCUT2D eigenvalue weighted by molar-refractivity contribution is 7.19. The van der Waals surface area contributed by atoms with Crippen molar-refractivity contribution in [1.82, 2.24) is 13.7 Å². The van der Waals surface area contributed by atoms with Crippen molar-refractivity contribution in [3.63, 3.8) is 0 Å². The Labute approximate surface area is 378 Å². The van der Waals surface area contributed by atoms with Gasteiger partial charge in [-0.1, -0.05) is 181 Å². The van der Waals surface area contributed by atoms with Crippen molar-refractivity contribution in [3.8, 4) is 17.1 Å². The van der Waals surface area contributed by atoms with Gasteiger partial charge in [-0.3, -0.25) is 0 Å². The molecule has 3 heterocycles. The predicted octanol–water partition coefficient (Wildman–Crippen LogP) is 12.7. The molecule has 0 aliphatic carbocycles. The van der Waals surface area contributed by atoms with E-state index < -0.39 is 8.07 Å². The van der Waals surface area contributed by atoms with Crippen LogP contribution in [0.3, 0.4) is 0 Å². The molecule has 0 saturated carbocycles. The number of para-hydroxylation sites is 4. The molecule has 10 aromatic carbocycles. The molecular weight excluding hydrogens is 803 g/mol. The summed E-state index contributed by atoms with van der Waals surface area (Å²) in [6.07, 6.45) is 0. The third-order valence-electron chi connectivity index (χ3n) is 13.8. The molecule has 306 valence electrons. The minimum absolute atomic E-state index is 1.13. The monoisotopic (exact) mass is 845 g/mol. The van der Waals surface area contributed by atoms with E-state index in [1.807, 2.05) is 0 Å². The van der Waals surface area contributed by atoms with Gasteiger partial charge in [-0.2, -0.15) is 0 Å². The molecule has 3 aromatic heterocycles.